The lowest BCUT2D eigenvalue weighted by Gasteiger charge is -2.19. The lowest BCUT2D eigenvalue weighted by atomic mass is 10.0. The van der Waals surface area contributed by atoms with Gasteiger partial charge in [-0.3, -0.25) is 0 Å². The van der Waals surface area contributed by atoms with Crippen LogP contribution in [0.3, 0.4) is 0 Å². The van der Waals surface area contributed by atoms with E-state index in [-0.39, 0.29) is 6.04 Å². The molecule has 1 unspecified atom stereocenters. The maximum atomic E-state index is 6.28. The molecule has 2 aromatic rings. The lowest BCUT2D eigenvalue weighted by Crippen LogP contribution is -2.24. The maximum absolute atomic E-state index is 6.28. The van der Waals surface area contributed by atoms with Gasteiger partial charge in [-0.2, -0.15) is 0 Å². The first-order valence-electron chi connectivity index (χ1n) is 6.69. The Balaban J connectivity index is 2.23. The Hall–Kier alpha value is -0.610. The number of nitrogens with one attached hydrogen (secondary N) is 1. The van der Waals surface area contributed by atoms with Crippen molar-refractivity contribution in [3.63, 3.8) is 0 Å². The second kappa shape index (κ2) is 7.41. The average molecular weight is 329 g/mol. The van der Waals surface area contributed by atoms with Crippen molar-refractivity contribution >= 4 is 34.5 Å². The van der Waals surface area contributed by atoms with Crippen molar-refractivity contribution in [2.75, 3.05) is 6.54 Å². The standard InChI is InChI=1S/C15H18Cl2N2S/c1-3-6-18-14(15-10(2)19-9-20-15)8-11-7-12(16)4-5-13(11)17/h4-5,7,9,14,18H,3,6,8H2,1-2H3. The summed E-state index contributed by atoms with van der Waals surface area (Å²) in [6.07, 6.45) is 1.92. The van der Waals surface area contributed by atoms with Crippen LogP contribution in [0.1, 0.15) is 35.5 Å². The number of aromatic nitrogens is 1. The van der Waals surface area contributed by atoms with Crippen molar-refractivity contribution in [2.45, 2.75) is 32.7 Å². The molecule has 2 rings (SSSR count). The van der Waals surface area contributed by atoms with Crippen LogP contribution in [0.4, 0.5) is 0 Å². The van der Waals surface area contributed by atoms with Crippen molar-refractivity contribution in [3.8, 4) is 0 Å². The number of hydrogen-bond acceptors (Lipinski definition) is 3. The van der Waals surface area contributed by atoms with Crippen LogP contribution in [0, 0.1) is 6.92 Å². The molecule has 0 spiro atoms. The van der Waals surface area contributed by atoms with Gasteiger partial charge in [-0.05, 0) is 50.1 Å². The molecule has 1 aromatic heterocycles. The van der Waals surface area contributed by atoms with Crippen LogP contribution in [0.25, 0.3) is 0 Å². The van der Waals surface area contributed by atoms with Gasteiger partial charge in [0.25, 0.3) is 0 Å². The number of nitrogens with zero attached hydrogens (tertiary/aromatic N) is 1. The molecular formula is C15H18Cl2N2S. The van der Waals surface area contributed by atoms with Gasteiger partial charge in [0.1, 0.15) is 0 Å². The van der Waals surface area contributed by atoms with Crippen LogP contribution in [0.5, 0.6) is 0 Å². The Morgan fingerprint density at radius 2 is 2.15 bits per heavy atom. The highest BCUT2D eigenvalue weighted by atomic mass is 35.5. The zero-order chi connectivity index (χ0) is 14.5. The van der Waals surface area contributed by atoms with Crippen molar-refractivity contribution in [1.29, 1.82) is 0 Å². The molecule has 1 atom stereocenters. The van der Waals surface area contributed by atoms with E-state index in [2.05, 4.69) is 17.2 Å². The van der Waals surface area contributed by atoms with Crippen molar-refractivity contribution < 1.29 is 0 Å². The maximum Gasteiger partial charge on any atom is 0.0798 e. The first-order chi connectivity index (χ1) is 9.61. The van der Waals surface area contributed by atoms with Gasteiger partial charge in [0.2, 0.25) is 0 Å². The highest BCUT2D eigenvalue weighted by molar-refractivity contribution is 7.09. The Morgan fingerprint density at radius 3 is 2.80 bits per heavy atom. The fourth-order valence-electron chi connectivity index (χ4n) is 2.14. The quantitative estimate of drug-likeness (QED) is 0.803. The minimum absolute atomic E-state index is 0.235. The Labute approximate surface area is 134 Å². The second-order valence-electron chi connectivity index (χ2n) is 4.75. The van der Waals surface area contributed by atoms with E-state index in [1.165, 1.54) is 4.88 Å². The molecule has 0 aliphatic carbocycles. The summed E-state index contributed by atoms with van der Waals surface area (Å²) in [5.74, 6) is 0. The number of aryl methyl sites for hydroxylation is 1. The van der Waals surface area contributed by atoms with Crippen LogP contribution in [-0.2, 0) is 6.42 Å². The average Bonchev–Trinajstić information content (AvgIpc) is 2.84. The van der Waals surface area contributed by atoms with Crippen LogP contribution in [0.2, 0.25) is 10.0 Å². The number of thiazole rings is 1. The largest absolute Gasteiger partial charge is 0.309 e. The van der Waals surface area contributed by atoms with Crippen LogP contribution in [-0.4, -0.2) is 11.5 Å². The van der Waals surface area contributed by atoms with Gasteiger partial charge in [-0.1, -0.05) is 30.1 Å². The van der Waals surface area contributed by atoms with Gasteiger partial charge in [-0.25, -0.2) is 4.98 Å². The van der Waals surface area contributed by atoms with E-state index in [0.717, 1.165) is 40.7 Å². The summed E-state index contributed by atoms with van der Waals surface area (Å²) in [6, 6.07) is 5.86. The van der Waals surface area contributed by atoms with Crippen molar-refractivity contribution in [1.82, 2.24) is 10.3 Å². The summed E-state index contributed by atoms with van der Waals surface area (Å²) in [7, 11) is 0. The molecule has 0 aliphatic heterocycles. The summed E-state index contributed by atoms with van der Waals surface area (Å²) in [4.78, 5) is 5.62. The molecule has 108 valence electrons. The van der Waals surface area contributed by atoms with Gasteiger partial charge < -0.3 is 5.32 Å². The molecule has 0 bridgehead atoms. The van der Waals surface area contributed by atoms with E-state index in [4.69, 9.17) is 23.2 Å². The predicted octanol–water partition coefficient (Wildman–Crippen LogP) is 5.04. The van der Waals surface area contributed by atoms with Gasteiger partial charge in [0.05, 0.1) is 11.2 Å². The zero-order valence-electron chi connectivity index (χ0n) is 11.6. The molecule has 0 aliphatic rings. The van der Waals surface area contributed by atoms with Crippen molar-refractivity contribution in [2.24, 2.45) is 0 Å². The van der Waals surface area contributed by atoms with Gasteiger partial charge in [0.15, 0.2) is 0 Å². The van der Waals surface area contributed by atoms with Gasteiger partial charge in [-0.15, -0.1) is 11.3 Å². The monoisotopic (exact) mass is 328 g/mol. The number of hydrogen-bond donors (Lipinski definition) is 1. The van der Waals surface area contributed by atoms with E-state index >= 15 is 0 Å². The second-order valence-corrected chi connectivity index (χ2v) is 6.48. The molecule has 0 saturated heterocycles. The third-order valence-corrected chi connectivity index (χ3v) is 4.82. The highest BCUT2D eigenvalue weighted by Gasteiger charge is 2.17. The first kappa shape index (κ1) is 15.8. The van der Waals surface area contributed by atoms with E-state index in [9.17, 15) is 0 Å². The van der Waals surface area contributed by atoms with E-state index in [0.29, 0.717) is 0 Å². The molecule has 0 fully saturated rings. The molecule has 0 radical (unpaired) electrons. The predicted molar refractivity (Wildman–Crippen MR) is 88.1 cm³/mol. The third-order valence-electron chi connectivity index (χ3n) is 3.17. The van der Waals surface area contributed by atoms with Crippen molar-refractivity contribution in [3.05, 3.63) is 49.9 Å². The van der Waals surface area contributed by atoms with Gasteiger partial charge >= 0.3 is 0 Å². The molecule has 1 aromatic carbocycles. The normalized spacial score (nSPS) is 12.6. The summed E-state index contributed by atoms with van der Waals surface area (Å²) >= 11 is 14.0. The van der Waals surface area contributed by atoms with Crippen LogP contribution >= 0.6 is 34.5 Å². The molecule has 1 N–H and O–H groups in total. The van der Waals surface area contributed by atoms with Gasteiger partial charge in [0, 0.05) is 21.0 Å². The summed E-state index contributed by atoms with van der Waals surface area (Å²) in [5, 5.41) is 5.06. The molecule has 2 nitrogen and oxygen atoms in total. The molecule has 0 amide bonds. The summed E-state index contributed by atoms with van der Waals surface area (Å²) in [5.41, 5.74) is 4.05. The minimum Gasteiger partial charge on any atom is -0.309 e. The lowest BCUT2D eigenvalue weighted by molar-refractivity contribution is 0.534. The van der Waals surface area contributed by atoms with E-state index in [1.54, 1.807) is 11.3 Å². The van der Waals surface area contributed by atoms with E-state index in [1.807, 2.05) is 30.6 Å². The van der Waals surface area contributed by atoms with Crippen LogP contribution in [0.15, 0.2) is 23.7 Å². The highest BCUT2D eigenvalue weighted by Crippen LogP contribution is 2.29. The SMILES string of the molecule is CCCNC(Cc1cc(Cl)ccc1Cl)c1scnc1C. The molecule has 20 heavy (non-hydrogen) atoms. The van der Waals surface area contributed by atoms with Crippen LogP contribution < -0.4 is 5.32 Å². The summed E-state index contributed by atoms with van der Waals surface area (Å²) in [6.45, 7) is 5.18. The Bertz CT molecular complexity index is 569. The topological polar surface area (TPSA) is 24.9 Å². The molecule has 5 heteroatoms. The summed E-state index contributed by atoms with van der Waals surface area (Å²) < 4.78 is 0. The Kier molecular flexibility index (Phi) is 5.85. The smallest absolute Gasteiger partial charge is 0.0798 e. The molecule has 1 heterocycles. The molecule has 0 saturated carbocycles. The fourth-order valence-corrected chi connectivity index (χ4v) is 3.41. The molecular weight excluding hydrogens is 311 g/mol. The van der Waals surface area contributed by atoms with E-state index < -0.39 is 0 Å². The fraction of sp³-hybridized carbons (Fsp3) is 0.400. The zero-order valence-corrected chi connectivity index (χ0v) is 13.9. The number of benzene rings is 1. The third kappa shape index (κ3) is 3.95. The minimum atomic E-state index is 0.235. The Morgan fingerprint density at radius 1 is 1.35 bits per heavy atom. The number of rotatable bonds is 6. The number of halogens is 2. The first-order valence-corrected chi connectivity index (χ1v) is 8.32.